The first-order valence-corrected chi connectivity index (χ1v) is 9.31. The van der Waals surface area contributed by atoms with Crippen LogP contribution in [0.5, 0.6) is 0 Å². The minimum atomic E-state index is -4.42. The Bertz CT molecular complexity index is 1170. The number of anilines is 1. The van der Waals surface area contributed by atoms with Gasteiger partial charge in [-0.05, 0) is 66.1 Å². The molecule has 0 fully saturated rings. The van der Waals surface area contributed by atoms with Gasteiger partial charge in [-0.1, -0.05) is 12.1 Å². The van der Waals surface area contributed by atoms with Crippen LogP contribution in [0.3, 0.4) is 0 Å². The van der Waals surface area contributed by atoms with Crippen molar-refractivity contribution in [2.75, 3.05) is 5.32 Å². The molecule has 1 N–H and O–H groups in total. The molecular formula is C23H16F3N3O2. The summed E-state index contributed by atoms with van der Waals surface area (Å²) in [5.74, 6) is -0.421. The van der Waals surface area contributed by atoms with Gasteiger partial charge in [0.25, 0.3) is 5.91 Å². The van der Waals surface area contributed by atoms with E-state index >= 15 is 0 Å². The molecule has 1 amide bonds. The van der Waals surface area contributed by atoms with Crippen LogP contribution in [0.15, 0.2) is 83.7 Å². The molecule has 0 aliphatic carbocycles. The van der Waals surface area contributed by atoms with E-state index in [0.717, 1.165) is 29.7 Å². The highest BCUT2D eigenvalue weighted by atomic mass is 19.4. The van der Waals surface area contributed by atoms with E-state index in [4.69, 9.17) is 4.42 Å². The van der Waals surface area contributed by atoms with Crippen LogP contribution < -0.4 is 5.32 Å². The van der Waals surface area contributed by atoms with Crippen molar-refractivity contribution in [3.8, 4) is 11.5 Å². The van der Waals surface area contributed by atoms with E-state index < -0.39 is 17.6 Å². The van der Waals surface area contributed by atoms with Crippen LogP contribution in [0.2, 0.25) is 0 Å². The predicted molar refractivity (Wildman–Crippen MR) is 108 cm³/mol. The minimum Gasteiger partial charge on any atom is -0.444 e. The number of alkyl halides is 3. The molecule has 4 rings (SSSR count). The number of carbonyl (C=O) groups is 1. The topological polar surface area (TPSA) is 68.0 Å². The first-order chi connectivity index (χ1) is 14.9. The van der Waals surface area contributed by atoms with Gasteiger partial charge in [-0.15, -0.1) is 0 Å². The fourth-order valence-corrected chi connectivity index (χ4v) is 2.95. The molecule has 0 atom stereocenters. The molecule has 0 aliphatic rings. The van der Waals surface area contributed by atoms with Crippen molar-refractivity contribution in [3.63, 3.8) is 0 Å². The molecule has 0 unspecified atom stereocenters. The van der Waals surface area contributed by atoms with Gasteiger partial charge in [0.05, 0.1) is 5.56 Å². The van der Waals surface area contributed by atoms with Crippen LogP contribution >= 0.6 is 0 Å². The van der Waals surface area contributed by atoms with Gasteiger partial charge in [0.2, 0.25) is 5.89 Å². The molecule has 0 saturated carbocycles. The largest absolute Gasteiger partial charge is 0.444 e. The summed E-state index contributed by atoms with van der Waals surface area (Å²) in [6.07, 6.45) is 0.965. The van der Waals surface area contributed by atoms with Crippen LogP contribution in [0.1, 0.15) is 27.2 Å². The number of pyridine rings is 1. The molecule has 0 spiro atoms. The van der Waals surface area contributed by atoms with Gasteiger partial charge >= 0.3 is 6.18 Å². The number of hydrogen-bond donors (Lipinski definition) is 1. The molecule has 0 aliphatic heterocycles. The predicted octanol–water partition coefficient (Wildman–Crippen LogP) is 5.60. The summed E-state index contributed by atoms with van der Waals surface area (Å²) in [6, 6.07) is 15.6. The maximum Gasteiger partial charge on any atom is 0.416 e. The molecule has 156 valence electrons. The normalized spacial score (nSPS) is 11.3. The number of halogens is 3. The number of nitrogens with one attached hydrogen (secondary N) is 1. The van der Waals surface area contributed by atoms with Crippen molar-refractivity contribution >= 4 is 11.6 Å². The molecule has 0 radical (unpaired) electrons. The SMILES string of the molecule is O=C(Nc1ccc(Cc2ccncc2)cc1)c1coc(-c2ccc(C(F)(F)F)cc2)n1. The Morgan fingerprint density at radius 3 is 2.19 bits per heavy atom. The van der Waals surface area contributed by atoms with Crippen molar-refractivity contribution in [2.45, 2.75) is 12.6 Å². The fourth-order valence-electron chi connectivity index (χ4n) is 2.95. The summed E-state index contributed by atoms with van der Waals surface area (Å²) < 4.78 is 43.3. The van der Waals surface area contributed by atoms with Gasteiger partial charge in [-0.2, -0.15) is 13.2 Å². The lowest BCUT2D eigenvalue weighted by Gasteiger charge is -2.06. The Labute approximate surface area is 175 Å². The molecule has 2 aromatic heterocycles. The average Bonchev–Trinajstić information content (AvgIpc) is 3.26. The first kappa shape index (κ1) is 20.3. The smallest absolute Gasteiger partial charge is 0.416 e. The van der Waals surface area contributed by atoms with Crippen molar-refractivity contribution in [3.05, 3.63) is 102 Å². The van der Waals surface area contributed by atoms with Crippen molar-refractivity contribution in [1.29, 1.82) is 0 Å². The lowest BCUT2D eigenvalue weighted by atomic mass is 10.1. The number of benzene rings is 2. The molecule has 0 saturated heterocycles. The third-order valence-corrected chi connectivity index (χ3v) is 4.57. The van der Waals surface area contributed by atoms with Crippen molar-refractivity contribution < 1.29 is 22.4 Å². The zero-order valence-electron chi connectivity index (χ0n) is 16.1. The Morgan fingerprint density at radius 2 is 1.55 bits per heavy atom. The Hall–Kier alpha value is -3.94. The second-order valence-electron chi connectivity index (χ2n) is 6.80. The standard InChI is InChI=1S/C23H16F3N3O2/c24-23(25,26)18-5-3-17(4-6-18)22-29-20(14-31-22)21(30)28-19-7-1-15(2-8-19)13-16-9-11-27-12-10-16/h1-12,14H,13H2,(H,28,30). The van der Waals surface area contributed by atoms with Gasteiger partial charge < -0.3 is 9.73 Å². The Kier molecular flexibility index (Phi) is 5.53. The number of rotatable bonds is 5. The van der Waals surface area contributed by atoms with E-state index in [-0.39, 0.29) is 11.6 Å². The Morgan fingerprint density at radius 1 is 0.903 bits per heavy atom. The van der Waals surface area contributed by atoms with Crippen LogP contribution in [0.4, 0.5) is 18.9 Å². The Balaban J connectivity index is 1.41. The second kappa shape index (κ2) is 8.43. The molecule has 5 nitrogen and oxygen atoms in total. The summed E-state index contributed by atoms with van der Waals surface area (Å²) in [6.45, 7) is 0. The highest BCUT2D eigenvalue weighted by Gasteiger charge is 2.30. The maximum atomic E-state index is 12.7. The molecule has 2 heterocycles. The molecule has 4 aromatic rings. The first-order valence-electron chi connectivity index (χ1n) is 9.31. The fraction of sp³-hybridized carbons (Fsp3) is 0.0870. The monoisotopic (exact) mass is 423 g/mol. The highest BCUT2D eigenvalue weighted by Crippen LogP contribution is 2.30. The number of oxazole rings is 1. The molecule has 2 aromatic carbocycles. The van der Waals surface area contributed by atoms with E-state index in [9.17, 15) is 18.0 Å². The zero-order valence-corrected chi connectivity index (χ0v) is 16.1. The van der Waals surface area contributed by atoms with Crippen LogP contribution in [0.25, 0.3) is 11.5 Å². The van der Waals surface area contributed by atoms with E-state index in [1.165, 1.54) is 18.4 Å². The van der Waals surface area contributed by atoms with Crippen LogP contribution in [0, 0.1) is 0 Å². The van der Waals surface area contributed by atoms with Crippen LogP contribution in [-0.4, -0.2) is 15.9 Å². The average molecular weight is 423 g/mol. The number of aromatic nitrogens is 2. The van der Waals surface area contributed by atoms with Crippen molar-refractivity contribution in [1.82, 2.24) is 9.97 Å². The zero-order chi connectivity index (χ0) is 21.8. The van der Waals surface area contributed by atoms with Crippen molar-refractivity contribution in [2.24, 2.45) is 0 Å². The molecular weight excluding hydrogens is 407 g/mol. The summed E-state index contributed by atoms with van der Waals surface area (Å²) in [7, 11) is 0. The highest BCUT2D eigenvalue weighted by molar-refractivity contribution is 6.02. The third kappa shape index (κ3) is 4.98. The number of hydrogen-bond acceptors (Lipinski definition) is 4. The number of amides is 1. The van der Waals surface area contributed by atoms with E-state index in [1.54, 1.807) is 24.5 Å². The van der Waals surface area contributed by atoms with E-state index in [2.05, 4.69) is 15.3 Å². The molecule has 8 heteroatoms. The summed E-state index contributed by atoms with van der Waals surface area (Å²) in [5.41, 5.74) is 2.39. The van der Waals surface area contributed by atoms with E-state index in [0.29, 0.717) is 11.3 Å². The van der Waals surface area contributed by atoms with Gasteiger partial charge in [0, 0.05) is 23.6 Å². The molecule has 0 bridgehead atoms. The van der Waals surface area contributed by atoms with Crippen LogP contribution in [-0.2, 0) is 12.6 Å². The number of nitrogens with zero attached hydrogens (tertiary/aromatic N) is 2. The quantitative estimate of drug-likeness (QED) is 0.454. The van der Waals surface area contributed by atoms with Gasteiger partial charge in [-0.25, -0.2) is 4.98 Å². The van der Waals surface area contributed by atoms with E-state index in [1.807, 2.05) is 24.3 Å². The lowest BCUT2D eigenvalue weighted by molar-refractivity contribution is -0.137. The second-order valence-corrected chi connectivity index (χ2v) is 6.80. The van der Waals surface area contributed by atoms with Gasteiger partial charge in [0.15, 0.2) is 5.69 Å². The van der Waals surface area contributed by atoms with Gasteiger partial charge in [0.1, 0.15) is 6.26 Å². The minimum absolute atomic E-state index is 0.0239. The summed E-state index contributed by atoms with van der Waals surface area (Å²) >= 11 is 0. The molecule has 31 heavy (non-hydrogen) atoms. The summed E-state index contributed by atoms with van der Waals surface area (Å²) in [4.78, 5) is 20.5. The summed E-state index contributed by atoms with van der Waals surface area (Å²) in [5, 5.41) is 2.72. The third-order valence-electron chi connectivity index (χ3n) is 4.57. The van der Waals surface area contributed by atoms with Gasteiger partial charge in [-0.3, -0.25) is 9.78 Å². The maximum absolute atomic E-state index is 12.7. The lowest BCUT2D eigenvalue weighted by Crippen LogP contribution is -2.12. The number of carbonyl (C=O) groups excluding carboxylic acids is 1.